The fraction of sp³-hybridized carbons (Fsp3) is 0.0667. The summed E-state index contributed by atoms with van der Waals surface area (Å²) in [7, 11) is 0. The summed E-state index contributed by atoms with van der Waals surface area (Å²) in [5, 5.41) is 11.6. The van der Waals surface area contributed by atoms with Gasteiger partial charge in [0.15, 0.2) is 11.8 Å². The van der Waals surface area contributed by atoms with Crippen molar-refractivity contribution in [1.82, 2.24) is 4.90 Å². The van der Waals surface area contributed by atoms with Crippen LogP contribution in [0.15, 0.2) is 114 Å². The van der Waals surface area contributed by atoms with Crippen molar-refractivity contribution in [3.63, 3.8) is 0 Å². The molecule has 0 bridgehead atoms. The molecule has 42 heavy (non-hydrogen) atoms. The summed E-state index contributed by atoms with van der Waals surface area (Å²) < 4.78 is 26.1. The highest BCUT2D eigenvalue weighted by atomic mass is 79.9. The van der Waals surface area contributed by atoms with Crippen LogP contribution < -0.4 is 10.1 Å². The quantitative estimate of drug-likeness (QED) is 0.110. The minimum Gasteiger partial charge on any atom is -0.483 e. The van der Waals surface area contributed by atoms with Gasteiger partial charge in [-0.3, -0.25) is 14.5 Å². The molecule has 2 heterocycles. The first-order chi connectivity index (χ1) is 20.3. The van der Waals surface area contributed by atoms with Crippen molar-refractivity contribution in [1.29, 1.82) is 0 Å². The Bertz CT molecular complexity index is 1670. The summed E-state index contributed by atoms with van der Waals surface area (Å²) in [4.78, 5) is 27.8. The lowest BCUT2D eigenvalue weighted by molar-refractivity contribution is -0.122. The summed E-state index contributed by atoms with van der Waals surface area (Å²) in [6.45, 7) is -0.118. The van der Waals surface area contributed by atoms with Crippen LogP contribution in [0.3, 0.4) is 0 Å². The van der Waals surface area contributed by atoms with Gasteiger partial charge < -0.3 is 14.5 Å². The molecule has 0 radical (unpaired) electrons. The van der Waals surface area contributed by atoms with Gasteiger partial charge in [0, 0.05) is 20.2 Å². The molecule has 1 aromatic heterocycles. The minimum absolute atomic E-state index is 0.175. The Kier molecular flexibility index (Phi) is 9.67. The van der Waals surface area contributed by atoms with Crippen molar-refractivity contribution in [2.45, 2.75) is 6.54 Å². The molecule has 12 heteroatoms. The molecule has 212 valence electrons. The number of hydrogen-bond acceptors (Lipinski definition) is 7. The van der Waals surface area contributed by atoms with E-state index < -0.39 is 11.7 Å². The molecular formula is C30H21Br2FN4O4S. The third kappa shape index (κ3) is 7.84. The van der Waals surface area contributed by atoms with Crippen LogP contribution >= 0.6 is 43.6 Å². The molecule has 0 atom stereocenters. The number of halogens is 3. The van der Waals surface area contributed by atoms with Gasteiger partial charge in [-0.05, 0) is 90.1 Å². The molecule has 5 rings (SSSR count). The number of thioether (sulfide) groups is 1. The standard InChI is InChI=1S/C30H21Br2FN4O4S/c31-21-5-3-19(4-6-21)16-34-36-30-37(17-25-2-1-13-40-25)29(39)27(42-30)15-20-14-22(32)7-12-26(20)41-18-28(38)35-24-10-8-23(33)9-11-24/h1-16H,17-18H2,(H,35,38)/b27-15-,34-16+,36-30-. The van der Waals surface area contributed by atoms with E-state index in [0.29, 0.717) is 32.8 Å². The van der Waals surface area contributed by atoms with Crippen molar-refractivity contribution < 1.29 is 23.1 Å². The van der Waals surface area contributed by atoms with E-state index in [0.717, 1.165) is 14.5 Å². The van der Waals surface area contributed by atoms with Crippen LogP contribution in [0, 0.1) is 5.82 Å². The fourth-order valence-electron chi connectivity index (χ4n) is 3.75. The summed E-state index contributed by atoms with van der Waals surface area (Å²) in [6, 6.07) is 21.8. The average Bonchev–Trinajstić information content (AvgIpc) is 3.59. The number of benzene rings is 3. The molecule has 2 amide bonds. The van der Waals surface area contributed by atoms with Crippen LogP contribution in [0.5, 0.6) is 5.75 Å². The Hall–Kier alpha value is -4.00. The second kappa shape index (κ2) is 13.8. The molecule has 0 aliphatic carbocycles. The van der Waals surface area contributed by atoms with Crippen LogP contribution in [0.2, 0.25) is 0 Å². The molecular weight excluding hydrogens is 691 g/mol. The largest absolute Gasteiger partial charge is 0.483 e. The maximum absolute atomic E-state index is 13.5. The van der Waals surface area contributed by atoms with Crippen LogP contribution in [-0.4, -0.2) is 34.7 Å². The highest BCUT2D eigenvalue weighted by Gasteiger charge is 2.34. The van der Waals surface area contributed by atoms with Gasteiger partial charge in [-0.15, -0.1) is 5.10 Å². The normalized spacial score (nSPS) is 15.2. The zero-order chi connectivity index (χ0) is 29.5. The second-order valence-electron chi connectivity index (χ2n) is 8.79. The third-order valence-corrected chi connectivity index (χ3v) is 7.77. The van der Waals surface area contributed by atoms with E-state index in [1.165, 1.54) is 40.9 Å². The molecule has 0 unspecified atom stereocenters. The van der Waals surface area contributed by atoms with Crippen LogP contribution in [-0.2, 0) is 16.1 Å². The predicted molar refractivity (Wildman–Crippen MR) is 169 cm³/mol. The molecule has 1 aliphatic rings. The molecule has 0 spiro atoms. The average molecular weight is 712 g/mol. The van der Waals surface area contributed by atoms with E-state index in [4.69, 9.17) is 9.15 Å². The van der Waals surface area contributed by atoms with Gasteiger partial charge in [-0.25, -0.2) is 4.39 Å². The number of anilines is 1. The van der Waals surface area contributed by atoms with Crippen LogP contribution in [0.1, 0.15) is 16.9 Å². The Morgan fingerprint density at radius 3 is 2.55 bits per heavy atom. The molecule has 1 aliphatic heterocycles. The van der Waals surface area contributed by atoms with E-state index in [-0.39, 0.29) is 19.1 Å². The molecule has 1 fully saturated rings. The Morgan fingerprint density at radius 1 is 1.05 bits per heavy atom. The molecule has 1 N–H and O–H groups in total. The number of amides is 2. The molecule has 0 saturated carbocycles. The molecule has 1 saturated heterocycles. The highest BCUT2D eigenvalue weighted by Crippen LogP contribution is 2.36. The number of furan rings is 1. The number of amidine groups is 1. The van der Waals surface area contributed by atoms with Gasteiger partial charge in [-0.2, -0.15) is 5.10 Å². The third-order valence-electron chi connectivity index (χ3n) is 5.75. The molecule has 8 nitrogen and oxygen atoms in total. The number of nitrogens with zero attached hydrogens (tertiary/aromatic N) is 3. The zero-order valence-electron chi connectivity index (χ0n) is 21.7. The minimum atomic E-state index is -0.419. The topological polar surface area (TPSA) is 96.5 Å². The van der Waals surface area contributed by atoms with Crippen molar-refractivity contribution in [2.24, 2.45) is 10.2 Å². The highest BCUT2D eigenvalue weighted by molar-refractivity contribution is 9.10. The number of ether oxygens (including phenoxy) is 1. The molecule has 3 aromatic carbocycles. The van der Waals surface area contributed by atoms with Crippen LogP contribution in [0.4, 0.5) is 10.1 Å². The Morgan fingerprint density at radius 2 is 1.81 bits per heavy atom. The number of hydrogen-bond donors (Lipinski definition) is 1. The zero-order valence-corrected chi connectivity index (χ0v) is 25.7. The lowest BCUT2D eigenvalue weighted by Gasteiger charge is -2.13. The summed E-state index contributed by atoms with van der Waals surface area (Å²) in [5.74, 6) is -0.118. The van der Waals surface area contributed by atoms with Gasteiger partial charge in [0.25, 0.3) is 11.8 Å². The Labute approximate surface area is 261 Å². The first-order valence-corrected chi connectivity index (χ1v) is 14.8. The lowest BCUT2D eigenvalue weighted by Crippen LogP contribution is -2.28. The van der Waals surface area contributed by atoms with Crippen LogP contribution in [0.25, 0.3) is 6.08 Å². The van der Waals surface area contributed by atoms with Gasteiger partial charge in [0.2, 0.25) is 0 Å². The van der Waals surface area contributed by atoms with Gasteiger partial charge in [-0.1, -0.05) is 44.0 Å². The van der Waals surface area contributed by atoms with E-state index in [9.17, 15) is 14.0 Å². The van der Waals surface area contributed by atoms with Crippen molar-refractivity contribution in [3.05, 3.63) is 122 Å². The van der Waals surface area contributed by atoms with Gasteiger partial charge >= 0.3 is 0 Å². The first kappa shape index (κ1) is 29.5. The van der Waals surface area contributed by atoms with E-state index in [2.05, 4.69) is 47.4 Å². The summed E-state index contributed by atoms with van der Waals surface area (Å²) >= 11 is 8.03. The monoisotopic (exact) mass is 710 g/mol. The fourth-order valence-corrected chi connectivity index (χ4v) is 5.32. The number of carbonyl (C=O) groups is 2. The first-order valence-electron chi connectivity index (χ1n) is 12.4. The number of rotatable bonds is 9. The summed E-state index contributed by atoms with van der Waals surface area (Å²) in [6.07, 6.45) is 4.83. The van der Waals surface area contributed by atoms with Crippen molar-refractivity contribution in [3.8, 4) is 5.75 Å². The predicted octanol–water partition coefficient (Wildman–Crippen LogP) is 7.47. The smallest absolute Gasteiger partial charge is 0.267 e. The second-order valence-corrected chi connectivity index (χ2v) is 11.6. The maximum atomic E-state index is 13.5. The maximum Gasteiger partial charge on any atom is 0.267 e. The van der Waals surface area contributed by atoms with Crippen molar-refractivity contribution >= 4 is 78.6 Å². The number of carbonyl (C=O) groups excluding carboxylic acids is 2. The van der Waals surface area contributed by atoms with Gasteiger partial charge in [0.1, 0.15) is 17.3 Å². The lowest BCUT2D eigenvalue weighted by atomic mass is 10.2. The SMILES string of the molecule is O=C(COc1ccc(Br)cc1/C=C1\S/C(=N\N=C\c2ccc(Br)cc2)N(Cc2ccco2)C1=O)Nc1ccc(F)cc1. The van der Waals surface area contributed by atoms with E-state index in [1.807, 2.05) is 24.3 Å². The summed E-state index contributed by atoms with van der Waals surface area (Å²) in [5.41, 5.74) is 1.87. The van der Waals surface area contributed by atoms with Crippen molar-refractivity contribution in [2.75, 3.05) is 11.9 Å². The van der Waals surface area contributed by atoms with Gasteiger partial charge in [0.05, 0.1) is 23.9 Å². The van der Waals surface area contributed by atoms with E-state index >= 15 is 0 Å². The van der Waals surface area contributed by atoms with E-state index in [1.54, 1.807) is 48.9 Å². The molecule has 4 aromatic rings. The number of nitrogens with one attached hydrogen (secondary N) is 1. The Balaban J connectivity index is 1.36.